The molecule has 3 rings (SSSR count). The van der Waals surface area contributed by atoms with Gasteiger partial charge in [0, 0.05) is 11.6 Å². The van der Waals surface area contributed by atoms with Gasteiger partial charge in [-0.25, -0.2) is 9.59 Å². The Morgan fingerprint density at radius 3 is 2.68 bits per heavy atom. The Balaban J connectivity index is 1.76. The van der Waals surface area contributed by atoms with Crippen LogP contribution in [0.3, 0.4) is 0 Å². The molecule has 0 aliphatic carbocycles. The second kappa shape index (κ2) is 7.33. The van der Waals surface area contributed by atoms with E-state index in [-0.39, 0.29) is 5.39 Å². The van der Waals surface area contributed by atoms with E-state index in [2.05, 4.69) is 0 Å². The highest BCUT2D eigenvalue weighted by Crippen LogP contribution is 2.22. The van der Waals surface area contributed by atoms with Crippen LogP contribution in [0.15, 0.2) is 50.4 Å². The molecule has 7 heteroatoms. The maximum atomic E-state index is 12.0. The van der Waals surface area contributed by atoms with Crippen LogP contribution < -0.4 is 16.1 Å². The fourth-order valence-electron chi connectivity index (χ4n) is 2.56. The average Bonchev–Trinajstić information content (AvgIpc) is 2.57. The second-order valence-electron chi connectivity index (χ2n) is 5.56. The monoisotopic (exact) mass is 379 g/mol. The summed E-state index contributed by atoms with van der Waals surface area (Å²) in [4.78, 5) is 23.8. The van der Waals surface area contributed by atoms with Crippen molar-refractivity contribution in [3.05, 3.63) is 73.0 Å². The largest absolute Gasteiger partial charge is 0.494 e. The van der Waals surface area contributed by atoms with Gasteiger partial charge in [-0.2, -0.15) is 0 Å². The zero-order chi connectivity index (χ0) is 18.0. The Hall–Kier alpha value is -2.24. The molecule has 0 saturated carbocycles. The predicted octanol–water partition coefficient (Wildman–Crippen LogP) is 4.04. The number of ether oxygens (including phenoxy) is 1. The first-order valence-corrected chi connectivity index (χ1v) is 8.44. The standard InChI is InChI=1S/C18H15Cl2NO4/c1-11-10-12(6-7-14(11)19)24-9-3-8-21-16-13(4-2-5-15(16)20)17(22)25-18(21)23/h2,4-7,10H,3,8-9H2,1H3. The molecule has 0 spiro atoms. The van der Waals surface area contributed by atoms with Crippen molar-refractivity contribution < 1.29 is 9.15 Å². The summed E-state index contributed by atoms with van der Waals surface area (Å²) >= 11 is 12.1. The molecular weight excluding hydrogens is 365 g/mol. The lowest BCUT2D eigenvalue weighted by atomic mass is 10.2. The van der Waals surface area contributed by atoms with Gasteiger partial charge < -0.3 is 9.15 Å². The second-order valence-corrected chi connectivity index (χ2v) is 6.37. The molecule has 3 aromatic rings. The lowest BCUT2D eigenvalue weighted by Crippen LogP contribution is -2.26. The van der Waals surface area contributed by atoms with E-state index < -0.39 is 11.4 Å². The zero-order valence-electron chi connectivity index (χ0n) is 13.4. The summed E-state index contributed by atoms with van der Waals surface area (Å²) in [6.07, 6.45) is 0.537. The third kappa shape index (κ3) is 3.72. The first kappa shape index (κ1) is 17.6. The Morgan fingerprint density at radius 2 is 1.92 bits per heavy atom. The molecule has 0 radical (unpaired) electrons. The molecule has 0 aliphatic rings. The van der Waals surface area contributed by atoms with E-state index in [0.29, 0.717) is 40.9 Å². The van der Waals surface area contributed by atoms with Crippen molar-refractivity contribution in [2.24, 2.45) is 0 Å². The van der Waals surface area contributed by atoms with E-state index in [1.54, 1.807) is 30.3 Å². The lowest BCUT2D eigenvalue weighted by molar-refractivity contribution is 0.296. The highest BCUT2D eigenvalue weighted by Gasteiger charge is 2.12. The van der Waals surface area contributed by atoms with Gasteiger partial charge in [-0.15, -0.1) is 0 Å². The summed E-state index contributed by atoms with van der Waals surface area (Å²) in [5.74, 6) is -0.0235. The Kier molecular flexibility index (Phi) is 5.16. The van der Waals surface area contributed by atoms with Gasteiger partial charge in [-0.05, 0) is 49.2 Å². The number of rotatable bonds is 5. The molecule has 2 aromatic carbocycles. The smallest absolute Gasteiger partial charge is 0.422 e. The van der Waals surface area contributed by atoms with Crippen molar-refractivity contribution in [2.45, 2.75) is 19.9 Å². The number of halogens is 2. The minimum Gasteiger partial charge on any atom is -0.494 e. The van der Waals surface area contributed by atoms with Crippen LogP contribution in [0.25, 0.3) is 10.9 Å². The van der Waals surface area contributed by atoms with Gasteiger partial charge in [0.15, 0.2) is 0 Å². The summed E-state index contributed by atoms with van der Waals surface area (Å²) < 4.78 is 11.8. The Labute approximate surface area is 153 Å². The van der Waals surface area contributed by atoms with Crippen LogP contribution in [0.5, 0.6) is 5.75 Å². The van der Waals surface area contributed by atoms with Crippen LogP contribution in [0.1, 0.15) is 12.0 Å². The van der Waals surface area contributed by atoms with Crippen molar-refractivity contribution in [2.75, 3.05) is 6.61 Å². The first-order valence-electron chi connectivity index (χ1n) is 7.68. The topological polar surface area (TPSA) is 61.4 Å². The number of fused-ring (bicyclic) bond motifs is 1. The number of hydrogen-bond donors (Lipinski definition) is 0. The molecule has 0 bridgehead atoms. The summed E-state index contributed by atoms with van der Waals surface area (Å²) in [6, 6.07) is 10.3. The number of aromatic nitrogens is 1. The Morgan fingerprint density at radius 1 is 1.12 bits per heavy atom. The minimum atomic E-state index is -0.729. The van der Waals surface area contributed by atoms with Gasteiger partial charge in [-0.1, -0.05) is 29.3 Å². The summed E-state index contributed by atoms with van der Waals surface area (Å²) in [5.41, 5.74) is 0.623. The van der Waals surface area contributed by atoms with E-state index in [9.17, 15) is 9.59 Å². The van der Waals surface area contributed by atoms with Crippen LogP contribution in [0, 0.1) is 6.92 Å². The van der Waals surface area contributed by atoms with Crippen LogP contribution in [0.2, 0.25) is 10.0 Å². The molecular formula is C18H15Cl2NO4. The van der Waals surface area contributed by atoms with Gasteiger partial charge in [0.05, 0.1) is 22.5 Å². The van der Waals surface area contributed by atoms with Crippen molar-refractivity contribution >= 4 is 34.1 Å². The van der Waals surface area contributed by atoms with Crippen molar-refractivity contribution in [1.29, 1.82) is 0 Å². The number of nitrogens with zero attached hydrogens (tertiary/aromatic N) is 1. The van der Waals surface area contributed by atoms with E-state index >= 15 is 0 Å². The van der Waals surface area contributed by atoms with Gasteiger partial charge in [0.1, 0.15) is 5.75 Å². The fraction of sp³-hybridized carbons (Fsp3) is 0.222. The van der Waals surface area contributed by atoms with Crippen molar-refractivity contribution in [3.8, 4) is 5.75 Å². The molecule has 130 valence electrons. The lowest BCUT2D eigenvalue weighted by Gasteiger charge is -2.11. The van der Waals surface area contributed by atoms with E-state index in [0.717, 1.165) is 5.56 Å². The fourth-order valence-corrected chi connectivity index (χ4v) is 2.95. The van der Waals surface area contributed by atoms with Crippen LogP contribution >= 0.6 is 23.2 Å². The average molecular weight is 380 g/mol. The van der Waals surface area contributed by atoms with Crippen molar-refractivity contribution in [3.63, 3.8) is 0 Å². The minimum absolute atomic E-state index is 0.279. The third-order valence-corrected chi connectivity index (χ3v) is 4.53. The molecule has 0 amide bonds. The zero-order valence-corrected chi connectivity index (χ0v) is 14.9. The molecule has 25 heavy (non-hydrogen) atoms. The van der Waals surface area contributed by atoms with Crippen LogP contribution in [0.4, 0.5) is 0 Å². The summed E-state index contributed by atoms with van der Waals surface area (Å²) in [7, 11) is 0. The van der Waals surface area contributed by atoms with Gasteiger partial charge in [-0.3, -0.25) is 4.57 Å². The first-order chi connectivity index (χ1) is 12.0. The van der Waals surface area contributed by atoms with Gasteiger partial charge in [0.2, 0.25) is 0 Å². The van der Waals surface area contributed by atoms with Gasteiger partial charge in [0.25, 0.3) is 0 Å². The number of hydrogen-bond acceptors (Lipinski definition) is 4. The molecule has 1 heterocycles. The molecule has 0 unspecified atom stereocenters. The van der Waals surface area contributed by atoms with Crippen LogP contribution in [-0.2, 0) is 6.54 Å². The molecule has 0 fully saturated rings. The van der Waals surface area contributed by atoms with Crippen LogP contribution in [-0.4, -0.2) is 11.2 Å². The Bertz CT molecular complexity index is 1040. The molecule has 5 nitrogen and oxygen atoms in total. The molecule has 0 N–H and O–H groups in total. The highest BCUT2D eigenvalue weighted by molar-refractivity contribution is 6.35. The van der Waals surface area contributed by atoms with E-state index in [4.69, 9.17) is 32.4 Å². The SMILES string of the molecule is Cc1cc(OCCCn2c(=O)oc(=O)c3cccc(Cl)c32)ccc1Cl. The van der Waals surface area contributed by atoms with Crippen molar-refractivity contribution in [1.82, 2.24) is 4.57 Å². The maximum Gasteiger partial charge on any atom is 0.422 e. The van der Waals surface area contributed by atoms with Gasteiger partial charge >= 0.3 is 11.4 Å². The predicted molar refractivity (Wildman–Crippen MR) is 98.1 cm³/mol. The van der Waals surface area contributed by atoms with E-state index in [1.807, 2.05) is 13.0 Å². The molecule has 0 atom stereocenters. The summed E-state index contributed by atoms with van der Waals surface area (Å²) in [6.45, 7) is 2.60. The van der Waals surface area contributed by atoms with E-state index in [1.165, 1.54) is 4.57 Å². The quantitative estimate of drug-likeness (QED) is 0.627. The number of benzene rings is 2. The molecule has 1 aromatic heterocycles. The third-order valence-electron chi connectivity index (χ3n) is 3.80. The summed E-state index contributed by atoms with van der Waals surface area (Å²) in [5, 5.41) is 1.29. The highest BCUT2D eigenvalue weighted by atomic mass is 35.5. The number of para-hydroxylation sites is 1. The normalized spacial score (nSPS) is 11.0. The maximum absolute atomic E-state index is 12.0. The molecule has 0 aliphatic heterocycles. The molecule has 0 saturated heterocycles. The number of aryl methyl sites for hydroxylation is 2.